The monoisotopic (exact) mass is 253 g/mol. The molecule has 0 N–H and O–H groups in total. The van der Waals surface area contributed by atoms with Crippen molar-refractivity contribution in [2.45, 2.75) is 39.8 Å². The Bertz CT molecular complexity index is 338. The summed E-state index contributed by atoms with van der Waals surface area (Å²) in [7, 11) is 0. The maximum Gasteiger partial charge on any atom is 0.251 e. The number of ether oxygens (including phenoxy) is 1. The first kappa shape index (κ1) is 14.7. The van der Waals surface area contributed by atoms with Crippen LogP contribution in [0.25, 0.3) is 0 Å². The second kappa shape index (κ2) is 7.87. The summed E-state index contributed by atoms with van der Waals surface area (Å²) in [5.74, 6) is 0.0538. The predicted molar refractivity (Wildman–Crippen MR) is 70.2 cm³/mol. The molecule has 0 saturated carbocycles. The molecule has 1 heterocycles. The van der Waals surface area contributed by atoms with Crippen molar-refractivity contribution in [2.75, 3.05) is 19.7 Å². The second-order valence-electron chi connectivity index (χ2n) is 4.20. The smallest absolute Gasteiger partial charge is 0.251 e. The van der Waals surface area contributed by atoms with Crippen LogP contribution in [-0.4, -0.2) is 46.4 Å². The molecule has 1 atom stereocenters. The molecule has 0 saturated heterocycles. The van der Waals surface area contributed by atoms with Crippen LogP contribution in [0, 0.1) is 0 Å². The number of carbonyl (C=O) groups is 1. The summed E-state index contributed by atoms with van der Waals surface area (Å²) in [4.78, 5) is 13.9. The topological polar surface area (TPSA) is 47.4 Å². The van der Waals surface area contributed by atoms with Gasteiger partial charge >= 0.3 is 0 Å². The molecule has 1 rings (SSSR count). The molecule has 1 aromatic heterocycles. The number of hydrogen-bond donors (Lipinski definition) is 0. The van der Waals surface area contributed by atoms with Crippen molar-refractivity contribution in [3.63, 3.8) is 0 Å². The van der Waals surface area contributed by atoms with E-state index >= 15 is 0 Å². The Morgan fingerprint density at radius 2 is 2.28 bits per heavy atom. The van der Waals surface area contributed by atoms with Crippen molar-refractivity contribution in [2.24, 2.45) is 0 Å². The summed E-state index contributed by atoms with van der Waals surface area (Å²) in [6, 6.07) is 1.88. The molecule has 0 aliphatic heterocycles. The minimum Gasteiger partial charge on any atom is -0.369 e. The first-order chi connectivity index (χ1) is 8.69. The van der Waals surface area contributed by atoms with Gasteiger partial charge < -0.3 is 9.64 Å². The molecule has 5 nitrogen and oxygen atoms in total. The van der Waals surface area contributed by atoms with E-state index in [4.69, 9.17) is 4.74 Å². The lowest BCUT2D eigenvalue weighted by molar-refractivity contribution is -0.142. The molecule has 1 unspecified atom stereocenters. The van der Waals surface area contributed by atoms with E-state index in [1.54, 1.807) is 6.20 Å². The van der Waals surface area contributed by atoms with Gasteiger partial charge in [-0.15, -0.1) is 0 Å². The number of carbonyl (C=O) groups excluding carboxylic acids is 1. The van der Waals surface area contributed by atoms with Gasteiger partial charge in [0, 0.05) is 32.1 Å². The fourth-order valence-electron chi connectivity index (χ4n) is 1.70. The van der Waals surface area contributed by atoms with Crippen LogP contribution in [0.5, 0.6) is 0 Å². The van der Waals surface area contributed by atoms with Gasteiger partial charge in [-0.3, -0.25) is 9.48 Å². The third-order valence-electron chi connectivity index (χ3n) is 2.77. The summed E-state index contributed by atoms with van der Waals surface area (Å²) in [6.07, 6.45) is 4.21. The Morgan fingerprint density at radius 3 is 2.83 bits per heavy atom. The number of rotatable bonds is 8. The van der Waals surface area contributed by atoms with Crippen LogP contribution in [-0.2, 0) is 16.1 Å². The molecule has 102 valence electrons. The van der Waals surface area contributed by atoms with Crippen molar-refractivity contribution in [3.05, 3.63) is 18.5 Å². The van der Waals surface area contributed by atoms with Gasteiger partial charge in [-0.2, -0.15) is 5.10 Å². The van der Waals surface area contributed by atoms with Crippen LogP contribution in [0.15, 0.2) is 18.5 Å². The highest BCUT2D eigenvalue weighted by Crippen LogP contribution is 2.01. The van der Waals surface area contributed by atoms with Crippen LogP contribution < -0.4 is 0 Å². The van der Waals surface area contributed by atoms with E-state index in [-0.39, 0.29) is 12.0 Å². The third-order valence-corrected chi connectivity index (χ3v) is 2.77. The standard InChI is InChI=1S/C13H23N3O2/c1-4-11-18-12(3)13(17)15(5-2)9-10-16-8-6-7-14-16/h6-8,12H,4-5,9-11H2,1-3H3. The molecular weight excluding hydrogens is 230 g/mol. The zero-order chi connectivity index (χ0) is 13.4. The van der Waals surface area contributed by atoms with E-state index in [2.05, 4.69) is 5.10 Å². The first-order valence-electron chi connectivity index (χ1n) is 6.56. The number of hydrogen-bond acceptors (Lipinski definition) is 3. The molecule has 5 heteroatoms. The molecule has 1 amide bonds. The van der Waals surface area contributed by atoms with Gasteiger partial charge in [-0.05, 0) is 26.3 Å². The summed E-state index contributed by atoms with van der Waals surface area (Å²) in [5, 5.41) is 4.12. The SMILES string of the molecule is CCCOC(C)C(=O)N(CC)CCn1cccn1. The van der Waals surface area contributed by atoms with Crippen LogP contribution >= 0.6 is 0 Å². The molecule has 18 heavy (non-hydrogen) atoms. The Morgan fingerprint density at radius 1 is 1.50 bits per heavy atom. The van der Waals surface area contributed by atoms with Crippen LogP contribution in [0.2, 0.25) is 0 Å². The highest BCUT2D eigenvalue weighted by Gasteiger charge is 2.19. The van der Waals surface area contributed by atoms with Gasteiger partial charge in [0.25, 0.3) is 5.91 Å². The van der Waals surface area contributed by atoms with Crippen molar-refractivity contribution in [1.29, 1.82) is 0 Å². The summed E-state index contributed by atoms with van der Waals surface area (Å²) < 4.78 is 7.29. The normalized spacial score (nSPS) is 12.4. The van der Waals surface area contributed by atoms with Gasteiger partial charge in [0.2, 0.25) is 0 Å². The van der Waals surface area contributed by atoms with E-state index in [0.29, 0.717) is 26.2 Å². The minimum atomic E-state index is -0.359. The van der Waals surface area contributed by atoms with Crippen molar-refractivity contribution < 1.29 is 9.53 Å². The number of amides is 1. The van der Waals surface area contributed by atoms with E-state index in [0.717, 1.165) is 6.42 Å². The number of aromatic nitrogens is 2. The lowest BCUT2D eigenvalue weighted by Crippen LogP contribution is -2.40. The molecule has 0 bridgehead atoms. The van der Waals surface area contributed by atoms with Gasteiger partial charge in [-0.1, -0.05) is 6.92 Å². The van der Waals surface area contributed by atoms with Crippen molar-refractivity contribution >= 4 is 5.91 Å². The molecular formula is C13H23N3O2. The molecule has 0 fully saturated rings. The molecule has 0 radical (unpaired) electrons. The fourth-order valence-corrected chi connectivity index (χ4v) is 1.70. The van der Waals surface area contributed by atoms with E-state index < -0.39 is 0 Å². The maximum atomic E-state index is 12.1. The van der Waals surface area contributed by atoms with Crippen molar-refractivity contribution in [1.82, 2.24) is 14.7 Å². The Kier molecular flexibility index (Phi) is 6.43. The van der Waals surface area contributed by atoms with Crippen LogP contribution in [0.4, 0.5) is 0 Å². The average molecular weight is 253 g/mol. The second-order valence-corrected chi connectivity index (χ2v) is 4.20. The van der Waals surface area contributed by atoms with Gasteiger partial charge in [-0.25, -0.2) is 0 Å². The molecule has 0 aliphatic rings. The van der Waals surface area contributed by atoms with Crippen LogP contribution in [0.1, 0.15) is 27.2 Å². The number of nitrogens with zero attached hydrogens (tertiary/aromatic N) is 3. The molecule has 0 spiro atoms. The minimum absolute atomic E-state index is 0.0538. The Labute approximate surface area is 109 Å². The lowest BCUT2D eigenvalue weighted by atomic mass is 10.3. The van der Waals surface area contributed by atoms with E-state index in [1.807, 2.05) is 42.6 Å². The zero-order valence-corrected chi connectivity index (χ0v) is 11.5. The zero-order valence-electron chi connectivity index (χ0n) is 11.5. The molecule has 0 aromatic carbocycles. The average Bonchev–Trinajstić information content (AvgIpc) is 2.89. The largest absolute Gasteiger partial charge is 0.369 e. The summed E-state index contributed by atoms with van der Waals surface area (Å²) in [6.45, 7) is 8.53. The highest BCUT2D eigenvalue weighted by atomic mass is 16.5. The molecule has 1 aromatic rings. The van der Waals surface area contributed by atoms with Gasteiger partial charge in [0.1, 0.15) is 6.10 Å². The van der Waals surface area contributed by atoms with E-state index in [1.165, 1.54) is 0 Å². The summed E-state index contributed by atoms with van der Waals surface area (Å²) in [5.41, 5.74) is 0. The third kappa shape index (κ3) is 4.49. The Hall–Kier alpha value is -1.36. The van der Waals surface area contributed by atoms with Gasteiger partial charge in [0.15, 0.2) is 0 Å². The van der Waals surface area contributed by atoms with Gasteiger partial charge in [0.05, 0.1) is 6.54 Å². The quantitative estimate of drug-likeness (QED) is 0.706. The lowest BCUT2D eigenvalue weighted by Gasteiger charge is -2.24. The van der Waals surface area contributed by atoms with Crippen LogP contribution in [0.3, 0.4) is 0 Å². The molecule has 0 aliphatic carbocycles. The number of likely N-dealkylation sites (N-methyl/N-ethyl adjacent to an activating group) is 1. The fraction of sp³-hybridized carbons (Fsp3) is 0.692. The first-order valence-corrected chi connectivity index (χ1v) is 6.56. The highest BCUT2D eigenvalue weighted by molar-refractivity contribution is 5.80. The Balaban J connectivity index is 2.41. The predicted octanol–water partition coefficient (Wildman–Crippen LogP) is 1.55. The summed E-state index contributed by atoms with van der Waals surface area (Å²) >= 11 is 0. The van der Waals surface area contributed by atoms with E-state index in [9.17, 15) is 4.79 Å². The maximum absolute atomic E-state index is 12.1. The van der Waals surface area contributed by atoms with Crippen molar-refractivity contribution in [3.8, 4) is 0 Å².